The summed E-state index contributed by atoms with van der Waals surface area (Å²) in [5.74, 6) is 0.365. The van der Waals surface area contributed by atoms with Crippen LogP contribution < -0.4 is 10.2 Å². The molecule has 1 aromatic carbocycles. The molecule has 1 atom stereocenters. The van der Waals surface area contributed by atoms with E-state index in [1.54, 1.807) is 0 Å². The molecule has 0 saturated heterocycles. The number of aliphatic hydroxyl groups is 1. The summed E-state index contributed by atoms with van der Waals surface area (Å²) in [4.78, 5) is 13.9. The Morgan fingerprint density at radius 1 is 1.40 bits per heavy atom. The van der Waals surface area contributed by atoms with Crippen molar-refractivity contribution in [1.29, 1.82) is 0 Å². The summed E-state index contributed by atoms with van der Waals surface area (Å²) >= 11 is 0. The van der Waals surface area contributed by atoms with E-state index in [9.17, 15) is 9.90 Å². The van der Waals surface area contributed by atoms with E-state index >= 15 is 0 Å². The van der Waals surface area contributed by atoms with E-state index in [1.165, 1.54) is 19.3 Å². The molecular weight excluding hydrogens is 252 g/mol. The zero-order chi connectivity index (χ0) is 14.3. The monoisotopic (exact) mass is 274 g/mol. The number of carbonyl (C=O) groups is 1. The lowest BCUT2D eigenvalue weighted by Gasteiger charge is -2.26. The van der Waals surface area contributed by atoms with Crippen LogP contribution in [0.1, 0.15) is 44.8 Å². The number of nitrogens with zero attached hydrogens (tertiary/aromatic N) is 1. The van der Waals surface area contributed by atoms with Crippen molar-refractivity contribution in [3.8, 4) is 0 Å². The quantitative estimate of drug-likeness (QED) is 0.868. The topological polar surface area (TPSA) is 52.6 Å². The molecule has 4 heteroatoms. The van der Waals surface area contributed by atoms with Gasteiger partial charge in [0.1, 0.15) is 0 Å². The van der Waals surface area contributed by atoms with Gasteiger partial charge in [0.25, 0.3) is 5.91 Å². The Morgan fingerprint density at radius 2 is 2.15 bits per heavy atom. The van der Waals surface area contributed by atoms with Crippen LogP contribution in [0, 0.1) is 5.92 Å². The molecule has 108 valence electrons. The van der Waals surface area contributed by atoms with Gasteiger partial charge in [-0.2, -0.15) is 0 Å². The van der Waals surface area contributed by atoms with Gasteiger partial charge < -0.3 is 15.3 Å². The Morgan fingerprint density at radius 3 is 2.80 bits per heavy atom. The number of fused-ring (bicyclic) bond motifs is 1. The van der Waals surface area contributed by atoms with Crippen molar-refractivity contribution in [3.05, 3.63) is 23.8 Å². The number of benzene rings is 1. The van der Waals surface area contributed by atoms with Crippen LogP contribution in [-0.2, 0) is 4.79 Å². The van der Waals surface area contributed by atoms with Crippen LogP contribution in [0.5, 0.6) is 0 Å². The van der Waals surface area contributed by atoms with Crippen molar-refractivity contribution < 1.29 is 9.90 Å². The summed E-state index contributed by atoms with van der Waals surface area (Å²) in [6, 6.07) is 6.55. The molecule has 1 unspecified atom stereocenters. The predicted molar refractivity (Wildman–Crippen MR) is 79.9 cm³/mol. The third-order valence-corrected chi connectivity index (χ3v) is 4.10. The smallest absolute Gasteiger partial charge is 0.257 e. The van der Waals surface area contributed by atoms with E-state index in [2.05, 4.69) is 24.1 Å². The van der Waals surface area contributed by atoms with Crippen molar-refractivity contribution in [2.75, 3.05) is 16.8 Å². The SMILES string of the molecule is CC(C)CCN(c1ccc2c(c1)NC(=O)C2O)C1CC1. The van der Waals surface area contributed by atoms with Gasteiger partial charge in [0.15, 0.2) is 6.10 Å². The van der Waals surface area contributed by atoms with Gasteiger partial charge in [-0.15, -0.1) is 0 Å². The van der Waals surface area contributed by atoms with Crippen LogP contribution in [0.15, 0.2) is 18.2 Å². The summed E-state index contributed by atoms with van der Waals surface area (Å²) in [5, 5.41) is 12.5. The van der Waals surface area contributed by atoms with Gasteiger partial charge in [-0.05, 0) is 37.3 Å². The first kappa shape index (κ1) is 13.4. The fourth-order valence-electron chi connectivity index (χ4n) is 2.72. The second-order valence-electron chi connectivity index (χ2n) is 6.27. The lowest BCUT2D eigenvalue weighted by molar-refractivity contribution is -0.123. The Kier molecular flexibility index (Phi) is 3.42. The summed E-state index contributed by atoms with van der Waals surface area (Å²) in [6.07, 6.45) is 2.67. The number of amides is 1. The molecule has 3 rings (SSSR count). The van der Waals surface area contributed by atoms with E-state index in [1.807, 2.05) is 18.2 Å². The second kappa shape index (κ2) is 5.09. The molecule has 1 aliphatic heterocycles. The van der Waals surface area contributed by atoms with Gasteiger partial charge in [-0.25, -0.2) is 0 Å². The number of carbonyl (C=O) groups excluding carboxylic acids is 1. The van der Waals surface area contributed by atoms with E-state index in [4.69, 9.17) is 0 Å². The van der Waals surface area contributed by atoms with Gasteiger partial charge in [-0.3, -0.25) is 4.79 Å². The lowest BCUT2D eigenvalue weighted by Crippen LogP contribution is -2.27. The van der Waals surface area contributed by atoms with Crippen molar-refractivity contribution >= 4 is 17.3 Å². The summed E-state index contributed by atoms with van der Waals surface area (Å²) in [5.41, 5.74) is 2.61. The van der Waals surface area contributed by atoms with E-state index in [0.29, 0.717) is 17.5 Å². The predicted octanol–water partition coefficient (Wildman–Crippen LogP) is 2.69. The van der Waals surface area contributed by atoms with E-state index < -0.39 is 6.10 Å². The van der Waals surface area contributed by atoms with Gasteiger partial charge in [-0.1, -0.05) is 19.9 Å². The van der Waals surface area contributed by atoms with Crippen LogP contribution in [0.4, 0.5) is 11.4 Å². The maximum absolute atomic E-state index is 11.5. The van der Waals surface area contributed by atoms with Gasteiger partial charge in [0.05, 0.1) is 0 Å². The number of anilines is 2. The molecule has 0 aromatic heterocycles. The van der Waals surface area contributed by atoms with Crippen LogP contribution in [0.25, 0.3) is 0 Å². The second-order valence-corrected chi connectivity index (χ2v) is 6.27. The first-order valence-electron chi connectivity index (χ1n) is 7.46. The highest BCUT2D eigenvalue weighted by Crippen LogP contribution is 2.37. The zero-order valence-corrected chi connectivity index (χ0v) is 12.1. The standard InChI is InChI=1S/C16H22N2O2/c1-10(2)7-8-18(11-3-4-11)12-5-6-13-14(9-12)17-16(20)15(13)19/h5-6,9-11,15,19H,3-4,7-8H2,1-2H3,(H,17,20). The minimum atomic E-state index is -1.01. The minimum absolute atomic E-state index is 0.322. The largest absolute Gasteiger partial charge is 0.378 e. The first-order valence-corrected chi connectivity index (χ1v) is 7.46. The average Bonchev–Trinajstić information content (AvgIpc) is 3.18. The van der Waals surface area contributed by atoms with Crippen LogP contribution in [-0.4, -0.2) is 23.6 Å². The Hall–Kier alpha value is -1.55. The molecular formula is C16H22N2O2. The molecule has 4 nitrogen and oxygen atoms in total. The fourth-order valence-corrected chi connectivity index (χ4v) is 2.72. The molecule has 2 N–H and O–H groups in total. The normalized spacial score (nSPS) is 21.0. The first-order chi connectivity index (χ1) is 9.56. The van der Waals surface area contributed by atoms with Crippen molar-refractivity contribution in [2.24, 2.45) is 5.92 Å². The van der Waals surface area contributed by atoms with Gasteiger partial charge >= 0.3 is 0 Å². The number of rotatable bonds is 5. The maximum Gasteiger partial charge on any atom is 0.257 e. The van der Waals surface area contributed by atoms with Gasteiger partial charge in [0.2, 0.25) is 0 Å². The Bertz CT molecular complexity index is 523. The van der Waals surface area contributed by atoms with Crippen LogP contribution in [0.2, 0.25) is 0 Å². The number of hydrogen-bond donors (Lipinski definition) is 2. The van der Waals surface area contributed by atoms with E-state index in [0.717, 1.165) is 17.9 Å². The molecule has 1 aliphatic carbocycles. The van der Waals surface area contributed by atoms with Crippen molar-refractivity contribution in [3.63, 3.8) is 0 Å². The third-order valence-electron chi connectivity index (χ3n) is 4.10. The highest BCUT2D eigenvalue weighted by Gasteiger charge is 2.32. The summed E-state index contributed by atoms with van der Waals surface area (Å²) < 4.78 is 0. The Balaban J connectivity index is 1.82. The lowest BCUT2D eigenvalue weighted by atomic mass is 10.1. The zero-order valence-electron chi connectivity index (χ0n) is 12.1. The number of hydrogen-bond acceptors (Lipinski definition) is 3. The molecule has 1 aromatic rings. The molecule has 0 spiro atoms. The molecule has 1 heterocycles. The highest BCUT2D eigenvalue weighted by molar-refractivity contribution is 6.02. The fraction of sp³-hybridized carbons (Fsp3) is 0.562. The Labute approximate surface area is 119 Å². The van der Waals surface area contributed by atoms with Crippen LogP contribution >= 0.6 is 0 Å². The number of nitrogens with one attached hydrogen (secondary N) is 1. The summed E-state index contributed by atoms with van der Waals surface area (Å²) in [6.45, 7) is 5.53. The molecule has 1 saturated carbocycles. The molecule has 2 aliphatic rings. The molecule has 1 amide bonds. The molecule has 20 heavy (non-hydrogen) atoms. The third kappa shape index (κ3) is 2.52. The molecule has 0 bridgehead atoms. The van der Waals surface area contributed by atoms with Gasteiger partial charge in [0, 0.05) is 29.5 Å². The number of aliphatic hydroxyl groups excluding tert-OH is 1. The minimum Gasteiger partial charge on any atom is -0.378 e. The molecule has 1 fully saturated rings. The average molecular weight is 274 g/mol. The van der Waals surface area contributed by atoms with Crippen molar-refractivity contribution in [2.45, 2.75) is 45.3 Å². The molecule has 0 radical (unpaired) electrons. The summed E-state index contributed by atoms with van der Waals surface area (Å²) in [7, 11) is 0. The maximum atomic E-state index is 11.5. The highest BCUT2D eigenvalue weighted by atomic mass is 16.3. The van der Waals surface area contributed by atoms with Crippen molar-refractivity contribution in [1.82, 2.24) is 0 Å². The van der Waals surface area contributed by atoms with E-state index in [-0.39, 0.29) is 5.91 Å². The van der Waals surface area contributed by atoms with Crippen LogP contribution in [0.3, 0.4) is 0 Å².